The Morgan fingerprint density at radius 2 is 2.04 bits per heavy atom. The van der Waals surface area contributed by atoms with Gasteiger partial charge in [0, 0.05) is 19.6 Å². The van der Waals surface area contributed by atoms with Crippen LogP contribution in [0.3, 0.4) is 0 Å². The molecular weight excluding hydrogens is 312 g/mol. The quantitative estimate of drug-likeness (QED) is 0.727. The summed E-state index contributed by atoms with van der Waals surface area (Å²) in [6.45, 7) is 6.67. The topological polar surface area (TPSA) is 76.9 Å². The van der Waals surface area contributed by atoms with E-state index in [1.165, 1.54) is 7.11 Å². The van der Waals surface area contributed by atoms with Gasteiger partial charge < -0.3 is 14.4 Å². The molecule has 1 saturated heterocycles. The van der Waals surface area contributed by atoms with Crippen molar-refractivity contribution in [1.82, 2.24) is 19.6 Å². The Kier molecular flexibility index (Phi) is 5.15. The maximum atomic E-state index is 13.0. The summed E-state index contributed by atoms with van der Waals surface area (Å²) >= 11 is 0. The van der Waals surface area contributed by atoms with Crippen LogP contribution in [0.15, 0.2) is 6.07 Å². The summed E-state index contributed by atoms with van der Waals surface area (Å²) in [7, 11) is 1.34. The molecule has 1 aromatic heterocycles. The SMILES string of the molecule is CC[C@@H](C(=O)N1CCn2nc(C(=O)OC)cc2C1)N1CCOCC1. The second-order valence-corrected chi connectivity index (χ2v) is 6.07. The molecule has 8 nitrogen and oxygen atoms in total. The number of aromatic nitrogens is 2. The number of hydrogen-bond acceptors (Lipinski definition) is 6. The number of morpholine rings is 1. The molecule has 0 saturated carbocycles. The molecule has 1 fully saturated rings. The van der Waals surface area contributed by atoms with Crippen LogP contribution in [0.2, 0.25) is 0 Å². The average molecular weight is 336 g/mol. The van der Waals surface area contributed by atoms with Gasteiger partial charge in [0.25, 0.3) is 0 Å². The van der Waals surface area contributed by atoms with Gasteiger partial charge >= 0.3 is 5.97 Å². The number of hydrogen-bond donors (Lipinski definition) is 0. The lowest BCUT2D eigenvalue weighted by Gasteiger charge is -2.37. The van der Waals surface area contributed by atoms with Gasteiger partial charge in [-0.1, -0.05) is 6.92 Å². The first kappa shape index (κ1) is 16.9. The number of carbonyl (C=O) groups excluding carboxylic acids is 2. The Labute approximate surface area is 141 Å². The number of esters is 1. The number of carbonyl (C=O) groups is 2. The lowest BCUT2D eigenvalue weighted by Crippen LogP contribution is -2.53. The Hall–Kier alpha value is -1.93. The van der Waals surface area contributed by atoms with Crippen LogP contribution >= 0.6 is 0 Å². The molecule has 0 aliphatic carbocycles. The standard InChI is InChI=1S/C16H24N4O4/c1-3-14(18-6-8-24-9-7-18)15(21)19-4-5-20-12(11-19)10-13(17-20)16(22)23-2/h10,14H,3-9,11H2,1-2H3/t14-/m0/s1. The zero-order valence-electron chi connectivity index (χ0n) is 14.2. The Bertz CT molecular complexity index is 609. The van der Waals surface area contributed by atoms with Crippen LogP contribution in [0, 0.1) is 0 Å². The normalized spacial score (nSPS) is 19.7. The molecule has 2 aliphatic heterocycles. The molecule has 0 spiro atoms. The molecule has 0 bridgehead atoms. The highest BCUT2D eigenvalue weighted by Crippen LogP contribution is 2.18. The third-order valence-electron chi connectivity index (χ3n) is 4.66. The van der Waals surface area contributed by atoms with Gasteiger partial charge in [0.05, 0.1) is 45.1 Å². The Morgan fingerprint density at radius 1 is 1.29 bits per heavy atom. The highest BCUT2D eigenvalue weighted by atomic mass is 16.5. The Morgan fingerprint density at radius 3 is 2.71 bits per heavy atom. The molecular formula is C16H24N4O4. The van der Waals surface area contributed by atoms with Gasteiger partial charge in [-0.3, -0.25) is 14.4 Å². The van der Waals surface area contributed by atoms with Crippen molar-refractivity contribution >= 4 is 11.9 Å². The van der Waals surface area contributed by atoms with E-state index >= 15 is 0 Å². The van der Waals surface area contributed by atoms with Crippen LogP contribution in [0.1, 0.15) is 29.5 Å². The number of rotatable bonds is 4. The van der Waals surface area contributed by atoms with Crippen LogP contribution in [0.25, 0.3) is 0 Å². The summed E-state index contributed by atoms with van der Waals surface area (Å²) in [6.07, 6.45) is 0.780. The molecule has 3 rings (SSSR count). The van der Waals surface area contributed by atoms with E-state index in [-0.39, 0.29) is 11.9 Å². The van der Waals surface area contributed by atoms with Gasteiger partial charge in [0.15, 0.2) is 5.69 Å². The van der Waals surface area contributed by atoms with E-state index in [0.717, 1.165) is 25.2 Å². The molecule has 3 heterocycles. The van der Waals surface area contributed by atoms with Gasteiger partial charge in [-0.25, -0.2) is 4.79 Å². The van der Waals surface area contributed by atoms with Crippen molar-refractivity contribution in [3.8, 4) is 0 Å². The van der Waals surface area contributed by atoms with Crippen LogP contribution in [0.4, 0.5) is 0 Å². The first-order chi connectivity index (χ1) is 11.6. The van der Waals surface area contributed by atoms with Crippen molar-refractivity contribution in [3.63, 3.8) is 0 Å². The average Bonchev–Trinajstić information content (AvgIpc) is 3.05. The second kappa shape index (κ2) is 7.31. The zero-order valence-corrected chi connectivity index (χ0v) is 14.2. The molecule has 1 atom stereocenters. The maximum absolute atomic E-state index is 13.0. The summed E-state index contributed by atoms with van der Waals surface area (Å²) in [6, 6.07) is 1.60. The largest absolute Gasteiger partial charge is 0.464 e. The van der Waals surface area contributed by atoms with E-state index in [1.54, 1.807) is 10.7 Å². The molecule has 1 aromatic rings. The molecule has 2 aliphatic rings. The van der Waals surface area contributed by atoms with Crippen LogP contribution in [0.5, 0.6) is 0 Å². The highest BCUT2D eigenvalue weighted by molar-refractivity contribution is 5.87. The molecule has 1 amide bonds. The number of nitrogens with zero attached hydrogens (tertiary/aromatic N) is 4. The number of fused-ring (bicyclic) bond motifs is 1. The fourth-order valence-electron chi connectivity index (χ4n) is 3.35. The van der Waals surface area contributed by atoms with E-state index in [2.05, 4.69) is 10.00 Å². The summed E-state index contributed by atoms with van der Waals surface area (Å²) in [5, 5.41) is 4.25. The fourth-order valence-corrected chi connectivity index (χ4v) is 3.35. The van der Waals surface area contributed by atoms with E-state index in [4.69, 9.17) is 9.47 Å². The summed E-state index contributed by atoms with van der Waals surface area (Å²) < 4.78 is 11.9. The predicted molar refractivity (Wildman–Crippen MR) is 85.5 cm³/mol. The zero-order chi connectivity index (χ0) is 17.1. The molecule has 0 N–H and O–H groups in total. The molecule has 24 heavy (non-hydrogen) atoms. The smallest absolute Gasteiger partial charge is 0.358 e. The van der Waals surface area contributed by atoms with Gasteiger partial charge in [0.2, 0.25) is 5.91 Å². The van der Waals surface area contributed by atoms with Crippen molar-refractivity contribution in [2.45, 2.75) is 32.5 Å². The van der Waals surface area contributed by atoms with Crippen LogP contribution < -0.4 is 0 Å². The van der Waals surface area contributed by atoms with Crippen molar-refractivity contribution in [3.05, 3.63) is 17.5 Å². The van der Waals surface area contributed by atoms with Gasteiger partial charge in [-0.05, 0) is 12.5 Å². The van der Waals surface area contributed by atoms with Gasteiger partial charge in [0.1, 0.15) is 0 Å². The summed E-state index contributed by atoms with van der Waals surface area (Å²) in [4.78, 5) is 28.6. The van der Waals surface area contributed by atoms with Crippen molar-refractivity contribution < 1.29 is 19.1 Å². The molecule has 132 valence electrons. The summed E-state index contributed by atoms with van der Waals surface area (Å²) in [5.74, 6) is -0.305. The number of ether oxygens (including phenoxy) is 2. The minimum atomic E-state index is -0.450. The molecule has 0 unspecified atom stereocenters. The van der Waals surface area contributed by atoms with Crippen LogP contribution in [-0.4, -0.2) is 77.5 Å². The number of amides is 1. The van der Waals surface area contributed by atoms with E-state index < -0.39 is 5.97 Å². The van der Waals surface area contributed by atoms with Crippen molar-refractivity contribution in [2.75, 3.05) is 40.0 Å². The second-order valence-electron chi connectivity index (χ2n) is 6.07. The van der Waals surface area contributed by atoms with Gasteiger partial charge in [-0.15, -0.1) is 0 Å². The molecule has 0 radical (unpaired) electrons. The lowest BCUT2D eigenvalue weighted by atomic mass is 10.1. The third-order valence-corrected chi connectivity index (χ3v) is 4.66. The van der Waals surface area contributed by atoms with E-state index in [0.29, 0.717) is 38.5 Å². The minimum Gasteiger partial charge on any atom is -0.464 e. The third kappa shape index (κ3) is 3.29. The molecule has 8 heteroatoms. The van der Waals surface area contributed by atoms with E-state index in [9.17, 15) is 9.59 Å². The van der Waals surface area contributed by atoms with Crippen molar-refractivity contribution in [2.24, 2.45) is 0 Å². The van der Waals surface area contributed by atoms with Crippen molar-refractivity contribution in [1.29, 1.82) is 0 Å². The fraction of sp³-hybridized carbons (Fsp3) is 0.688. The predicted octanol–water partition coefficient (Wildman–Crippen LogP) is 0.123. The van der Waals surface area contributed by atoms with Gasteiger partial charge in [-0.2, -0.15) is 5.10 Å². The van der Waals surface area contributed by atoms with E-state index in [1.807, 2.05) is 11.8 Å². The number of methoxy groups -OCH3 is 1. The lowest BCUT2D eigenvalue weighted by molar-refractivity contribution is -0.140. The first-order valence-corrected chi connectivity index (χ1v) is 8.39. The van der Waals surface area contributed by atoms with Crippen LogP contribution in [-0.2, 0) is 27.4 Å². The highest BCUT2D eigenvalue weighted by Gasteiger charge is 2.32. The maximum Gasteiger partial charge on any atom is 0.358 e. The first-order valence-electron chi connectivity index (χ1n) is 8.39. The molecule has 0 aromatic carbocycles. The Balaban J connectivity index is 1.70. The summed E-state index contributed by atoms with van der Waals surface area (Å²) in [5.41, 5.74) is 1.16. The minimum absolute atomic E-state index is 0.108. The monoisotopic (exact) mass is 336 g/mol.